The van der Waals surface area contributed by atoms with Gasteiger partial charge >= 0.3 is 0 Å². The van der Waals surface area contributed by atoms with Crippen molar-refractivity contribution in [1.82, 2.24) is 0 Å². The molecule has 0 aromatic rings. The van der Waals surface area contributed by atoms with Gasteiger partial charge in [-0.1, -0.05) is 11.1 Å². The Labute approximate surface area is 73.2 Å². The Morgan fingerprint density at radius 2 is 1.25 bits per heavy atom. The predicted molar refractivity (Wildman–Crippen MR) is 48.8 cm³/mol. The molecule has 0 saturated heterocycles. The van der Waals surface area contributed by atoms with Crippen molar-refractivity contribution in [2.45, 2.75) is 26.7 Å². The summed E-state index contributed by atoms with van der Waals surface area (Å²) in [4.78, 5) is 0. The molecule has 1 rings (SSSR count). The molecule has 0 radical (unpaired) electrons. The van der Waals surface area contributed by atoms with E-state index in [0.29, 0.717) is 0 Å². The first-order valence-corrected chi connectivity index (χ1v) is 4.25. The molecular formula is C10H16O2. The van der Waals surface area contributed by atoms with Gasteiger partial charge in [0, 0.05) is 0 Å². The van der Waals surface area contributed by atoms with E-state index in [0.717, 1.165) is 24.0 Å². The maximum Gasteiger partial charge on any atom is 0.0648 e. The van der Waals surface area contributed by atoms with Gasteiger partial charge in [0.05, 0.1) is 13.2 Å². The van der Waals surface area contributed by atoms with Crippen molar-refractivity contribution in [2.75, 3.05) is 13.2 Å². The average molecular weight is 168 g/mol. The van der Waals surface area contributed by atoms with Gasteiger partial charge in [-0.15, -0.1) is 0 Å². The van der Waals surface area contributed by atoms with Gasteiger partial charge < -0.3 is 10.2 Å². The third kappa shape index (κ3) is 1.76. The molecule has 0 heterocycles. The first-order valence-electron chi connectivity index (χ1n) is 4.25. The highest BCUT2D eigenvalue weighted by Crippen LogP contribution is 2.28. The topological polar surface area (TPSA) is 40.5 Å². The van der Waals surface area contributed by atoms with Crippen molar-refractivity contribution in [3.63, 3.8) is 0 Å². The molecule has 0 aromatic carbocycles. The van der Waals surface area contributed by atoms with Gasteiger partial charge in [-0.3, -0.25) is 0 Å². The molecule has 0 aromatic heterocycles. The van der Waals surface area contributed by atoms with Gasteiger partial charge in [0.2, 0.25) is 0 Å². The van der Waals surface area contributed by atoms with Crippen molar-refractivity contribution in [1.29, 1.82) is 0 Å². The molecule has 0 spiro atoms. The number of hydrogen-bond acceptors (Lipinski definition) is 2. The zero-order valence-electron chi connectivity index (χ0n) is 7.72. The molecule has 1 aliphatic rings. The lowest BCUT2D eigenvalue weighted by atomic mass is 9.88. The Morgan fingerprint density at radius 3 is 1.50 bits per heavy atom. The number of aliphatic hydroxyl groups excluding tert-OH is 2. The van der Waals surface area contributed by atoms with E-state index in [1.165, 1.54) is 11.1 Å². The minimum atomic E-state index is 0.0838. The number of allylic oxidation sites excluding steroid dienone is 2. The third-order valence-electron chi connectivity index (χ3n) is 2.57. The molecule has 2 N–H and O–H groups in total. The van der Waals surface area contributed by atoms with Crippen LogP contribution < -0.4 is 0 Å². The third-order valence-corrected chi connectivity index (χ3v) is 2.57. The molecule has 0 amide bonds. The van der Waals surface area contributed by atoms with Gasteiger partial charge in [-0.2, -0.15) is 0 Å². The summed E-state index contributed by atoms with van der Waals surface area (Å²) < 4.78 is 0. The summed E-state index contributed by atoms with van der Waals surface area (Å²) >= 11 is 0. The number of aliphatic hydroxyl groups is 2. The van der Waals surface area contributed by atoms with Crippen LogP contribution in [-0.4, -0.2) is 23.4 Å². The highest BCUT2D eigenvalue weighted by atomic mass is 16.3. The molecular weight excluding hydrogens is 152 g/mol. The van der Waals surface area contributed by atoms with Crippen molar-refractivity contribution >= 4 is 0 Å². The van der Waals surface area contributed by atoms with E-state index in [2.05, 4.69) is 13.8 Å². The summed E-state index contributed by atoms with van der Waals surface area (Å²) in [7, 11) is 0. The fourth-order valence-electron chi connectivity index (χ4n) is 1.53. The highest BCUT2D eigenvalue weighted by molar-refractivity contribution is 5.33. The van der Waals surface area contributed by atoms with E-state index < -0.39 is 0 Å². The van der Waals surface area contributed by atoms with E-state index in [-0.39, 0.29) is 13.2 Å². The Bertz CT molecular complexity index is 212. The molecule has 2 heteroatoms. The molecule has 0 fully saturated rings. The van der Waals surface area contributed by atoms with Crippen LogP contribution >= 0.6 is 0 Å². The first kappa shape index (κ1) is 9.49. The lowest BCUT2D eigenvalue weighted by Gasteiger charge is -2.20. The van der Waals surface area contributed by atoms with Crippen molar-refractivity contribution in [3.8, 4) is 0 Å². The molecule has 2 nitrogen and oxygen atoms in total. The van der Waals surface area contributed by atoms with Crippen LogP contribution in [0.4, 0.5) is 0 Å². The van der Waals surface area contributed by atoms with Gasteiger partial charge in [-0.25, -0.2) is 0 Å². The summed E-state index contributed by atoms with van der Waals surface area (Å²) in [5.74, 6) is 0. The van der Waals surface area contributed by atoms with Gasteiger partial charge in [0.1, 0.15) is 0 Å². The maximum absolute atomic E-state index is 9.01. The molecule has 0 aliphatic heterocycles. The van der Waals surface area contributed by atoms with Crippen LogP contribution in [0.1, 0.15) is 26.7 Å². The largest absolute Gasteiger partial charge is 0.392 e. The summed E-state index contributed by atoms with van der Waals surface area (Å²) in [5, 5.41) is 18.0. The average Bonchev–Trinajstić information content (AvgIpc) is 2.09. The Hall–Kier alpha value is -0.600. The lowest BCUT2D eigenvalue weighted by molar-refractivity contribution is 0.305. The van der Waals surface area contributed by atoms with Crippen LogP contribution in [0.3, 0.4) is 0 Å². The molecule has 12 heavy (non-hydrogen) atoms. The van der Waals surface area contributed by atoms with E-state index in [1.54, 1.807) is 0 Å². The fraction of sp³-hybridized carbons (Fsp3) is 0.600. The molecule has 0 saturated carbocycles. The van der Waals surface area contributed by atoms with Crippen molar-refractivity contribution in [2.24, 2.45) is 0 Å². The fourth-order valence-corrected chi connectivity index (χ4v) is 1.53. The van der Waals surface area contributed by atoms with Gasteiger partial charge in [0.25, 0.3) is 0 Å². The van der Waals surface area contributed by atoms with Crippen LogP contribution in [0, 0.1) is 0 Å². The standard InChI is InChI=1S/C10H16O2/c1-7-3-9(5-11)10(6-12)4-8(7)2/h11-12H,3-6H2,1-2H3. The SMILES string of the molecule is CC1=C(C)CC(CO)=C(CO)C1. The second-order valence-corrected chi connectivity index (χ2v) is 3.44. The van der Waals surface area contributed by atoms with E-state index in [4.69, 9.17) is 10.2 Å². The zero-order valence-corrected chi connectivity index (χ0v) is 7.72. The van der Waals surface area contributed by atoms with E-state index in [1.807, 2.05) is 0 Å². The first-order chi connectivity index (χ1) is 5.69. The highest BCUT2D eigenvalue weighted by Gasteiger charge is 2.13. The molecule has 0 bridgehead atoms. The minimum Gasteiger partial charge on any atom is -0.392 e. The Kier molecular flexibility index (Phi) is 3.06. The zero-order chi connectivity index (χ0) is 9.14. The predicted octanol–water partition coefficient (Wildman–Crippen LogP) is 1.40. The van der Waals surface area contributed by atoms with Gasteiger partial charge in [-0.05, 0) is 37.8 Å². The lowest BCUT2D eigenvalue weighted by Crippen LogP contribution is -2.08. The maximum atomic E-state index is 9.01. The minimum absolute atomic E-state index is 0.0838. The summed E-state index contributed by atoms with van der Waals surface area (Å²) in [6, 6.07) is 0. The second kappa shape index (κ2) is 3.87. The quantitative estimate of drug-likeness (QED) is 0.612. The Balaban J connectivity index is 2.82. The monoisotopic (exact) mass is 168 g/mol. The van der Waals surface area contributed by atoms with Crippen LogP contribution in [-0.2, 0) is 0 Å². The van der Waals surface area contributed by atoms with Crippen molar-refractivity contribution in [3.05, 3.63) is 22.3 Å². The normalized spacial score (nSPS) is 19.0. The van der Waals surface area contributed by atoms with Crippen LogP contribution in [0.2, 0.25) is 0 Å². The van der Waals surface area contributed by atoms with E-state index in [9.17, 15) is 0 Å². The second-order valence-electron chi connectivity index (χ2n) is 3.44. The van der Waals surface area contributed by atoms with Crippen LogP contribution in [0.15, 0.2) is 22.3 Å². The molecule has 1 aliphatic carbocycles. The Morgan fingerprint density at radius 1 is 0.917 bits per heavy atom. The molecule has 0 unspecified atom stereocenters. The molecule has 0 atom stereocenters. The summed E-state index contributed by atoms with van der Waals surface area (Å²) in [6.07, 6.45) is 1.66. The van der Waals surface area contributed by atoms with Crippen LogP contribution in [0.5, 0.6) is 0 Å². The summed E-state index contributed by atoms with van der Waals surface area (Å²) in [6.45, 7) is 4.33. The van der Waals surface area contributed by atoms with Crippen molar-refractivity contribution < 1.29 is 10.2 Å². The summed E-state index contributed by atoms with van der Waals surface area (Å²) in [5.41, 5.74) is 4.66. The van der Waals surface area contributed by atoms with E-state index >= 15 is 0 Å². The van der Waals surface area contributed by atoms with Crippen LogP contribution in [0.25, 0.3) is 0 Å². The smallest absolute Gasteiger partial charge is 0.0648 e. The van der Waals surface area contributed by atoms with Gasteiger partial charge in [0.15, 0.2) is 0 Å². The molecule has 68 valence electrons. The number of rotatable bonds is 2. The number of hydrogen-bond donors (Lipinski definition) is 2.